The molecule has 0 aliphatic carbocycles. The molecule has 7 nitrogen and oxygen atoms in total. The van der Waals surface area contributed by atoms with Crippen molar-refractivity contribution in [1.29, 1.82) is 0 Å². The molecule has 0 aromatic heterocycles. The van der Waals surface area contributed by atoms with E-state index in [9.17, 15) is 29.7 Å². The topological polar surface area (TPSA) is 141 Å². The second-order valence-corrected chi connectivity index (χ2v) is 2.42. The molecular formula is C6H5Na5O7+2. The first-order valence-electron chi connectivity index (χ1n) is 3.11. The van der Waals surface area contributed by atoms with Gasteiger partial charge in [-0.3, -0.25) is 0 Å². The van der Waals surface area contributed by atoms with Gasteiger partial charge in [-0.05, 0) is 0 Å². The van der Waals surface area contributed by atoms with E-state index in [1.165, 1.54) is 0 Å². The van der Waals surface area contributed by atoms with Crippen LogP contribution >= 0.6 is 0 Å². The van der Waals surface area contributed by atoms with Gasteiger partial charge < -0.3 is 34.8 Å². The number of carboxylic acid groups (broad SMARTS) is 3. The van der Waals surface area contributed by atoms with E-state index in [2.05, 4.69) is 0 Å². The van der Waals surface area contributed by atoms with Crippen LogP contribution in [-0.4, -0.2) is 28.6 Å². The number of hydrogen-bond donors (Lipinski definition) is 1. The first-order chi connectivity index (χ1) is 5.78. The summed E-state index contributed by atoms with van der Waals surface area (Å²) in [4.78, 5) is 30.0. The van der Waals surface area contributed by atoms with Gasteiger partial charge in [0.25, 0.3) is 0 Å². The maximum absolute atomic E-state index is 10.1. The summed E-state index contributed by atoms with van der Waals surface area (Å²) in [7, 11) is 0. The van der Waals surface area contributed by atoms with Crippen LogP contribution < -0.4 is 163 Å². The minimum atomic E-state index is -2.97. The van der Waals surface area contributed by atoms with Gasteiger partial charge in [-0.15, -0.1) is 0 Å². The van der Waals surface area contributed by atoms with Crippen LogP contribution in [0.1, 0.15) is 12.8 Å². The van der Waals surface area contributed by atoms with Crippen molar-refractivity contribution in [2.24, 2.45) is 0 Å². The van der Waals surface area contributed by atoms with Crippen LogP contribution in [0.3, 0.4) is 0 Å². The molecule has 0 rings (SSSR count). The van der Waals surface area contributed by atoms with Gasteiger partial charge in [-0.1, -0.05) is 0 Å². The van der Waals surface area contributed by atoms with E-state index in [-0.39, 0.29) is 148 Å². The zero-order valence-electron chi connectivity index (χ0n) is 11.3. The van der Waals surface area contributed by atoms with Crippen LogP contribution in [0.4, 0.5) is 0 Å². The van der Waals surface area contributed by atoms with Gasteiger partial charge in [0.2, 0.25) is 0 Å². The summed E-state index contributed by atoms with van der Waals surface area (Å²) in [5.74, 6) is -5.98. The van der Waals surface area contributed by atoms with Gasteiger partial charge >= 0.3 is 148 Å². The zero-order chi connectivity index (χ0) is 10.6. The summed E-state index contributed by atoms with van der Waals surface area (Å²) >= 11 is 0. The van der Waals surface area contributed by atoms with Crippen molar-refractivity contribution in [2.75, 3.05) is 0 Å². The maximum Gasteiger partial charge on any atom is 1.00 e. The van der Waals surface area contributed by atoms with Crippen molar-refractivity contribution < 1.29 is 183 Å². The Hall–Kier alpha value is 3.37. The molecule has 0 saturated heterocycles. The molecule has 0 unspecified atom stereocenters. The average molecular weight is 304 g/mol. The molecule has 74 valence electrons. The van der Waals surface area contributed by atoms with E-state index in [4.69, 9.17) is 5.11 Å². The first kappa shape index (κ1) is 37.5. The molecule has 0 radical (unpaired) electrons. The third kappa shape index (κ3) is 17.4. The number of aliphatic carboxylic acids is 3. The third-order valence-electron chi connectivity index (χ3n) is 1.25. The zero-order valence-corrected chi connectivity index (χ0v) is 21.3. The Kier molecular flexibility index (Phi) is 38.4. The summed E-state index contributed by atoms with van der Waals surface area (Å²) in [6.07, 6.45) is -2.72. The van der Waals surface area contributed by atoms with Gasteiger partial charge in [0.05, 0.1) is 5.97 Å². The Balaban J connectivity index is -0.0000000720. The van der Waals surface area contributed by atoms with Crippen LogP contribution in [0.2, 0.25) is 0 Å². The fourth-order valence-corrected chi connectivity index (χ4v) is 0.684. The average Bonchev–Trinajstić information content (AvgIpc) is 1.82. The van der Waals surface area contributed by atoms with E-state index in [0.29, 0.717) is 0 Å². The molecule has 0 spiro atoms. The quantitative estimate of drug-likeness (QED) is 0.497. The largest absolute Gasteiger partial charge is 1.00 e. The van der Waals surface area contributed by atoms with E-state index in [0.717, 1.165) is 0 Å². The Morgan fingerprint density at radius 1 is 0.778 bits per heavy atom. The number of carbonyl (C=O) groups excluding carboxylic acids is 3. The predicted octanol–water partition coefficient (Wildman–Crippen LogP) is -20.2. The molecule has 0 bridgehead atoms. The minimum Gasteiger partial charge on any atom is -0.550 e. The number of aliphatic hydroxyl groups is 1. The fraction of sp³-hybridized carbons (Fsp3) is 0.500. The monoisotopic (exact) mass is 304 g/mol. The molecule has 0 fully saturated rings. The van der Waals surface area contributed by atoms with Crippen molar-refractivity contribution in [1.82, 2.24) is 0 Å². The van der Waals surface area contributed by atoms with Gasteiger partial charge in [0, 0.05) is 24.8 Å². The summed E-state index contributed by atoms with van der Waals surface area (Å²) in [6.45, 7) is 0. The van der Waals surface area contributed by atoms with Gasteiger partial charge in [0.1, 0.15) is 5.60 Å². The normalized spacial score (nSPS) is 7.83. The van der Waals surface area contributed by atoms with E-state index in [1.54, 1.807) is 0 Å². The van der Waals surface area contributed by atoms with E-state index >= 15 is 0 Å². The molecule has 0 aromatic carbocycles. The van der Waals surface area contributed by atoms with Crippen LogP contribution in [-0.2, 0) is 14.4 Å². The SMILES string of the molecule is O=C([O-])CC(O)(CC(=O)[O-])C(=O)[O-].[Na+].[Na+].[Na+].[Na+].[Na+]. The van der Waals surface area contributed by atoms with Gasteiger partial charge in [0.15, 0.2) is 0 Å². The second-order valence-electron chi connectivity index (χ2n) is 2.42. The smallest absolute Gasteiger partial charge is 0.550 e. The standard InChI is InChI=1S/C6H8O7.5Na/c7-3(8)1-6(13,5(11)12)2-4(9)10;;;;;/h13H,1-2H2,(H,7,8)(H,9,10)(H,11,12);;;;;/q;5*+1/p-3. The summed E-state index contributed by atoms with van der Waals surface area (Å²) in [5.41, 5.74) is -2.97. The Morgan fingerprint density at radius 2 is 1.00 bits per heavy atom. The van der Waals surface area contributed by atoms with E-state index < -0.39 is 36.4 Å². The molecule has 0 aliphatic rings. The predicted molar refractivity (Wildman–Crippen MR) is 29.2 cm³/mol. The molecular weight excluding hydrogens is 299 g/mol. The van der Waals surface area contributed by atoms with Gasteiger partial charge in [-0.2, -0.15) is 0 Å². The molecule has 0 heterocycles. The summed E-state index contributed by atoms with van der Waals surface area (Å²) < 4.78 is 0. The Morgan fingerprint density at radius 3 is 1.11 bits per heavy atom. The van der Waals surface area contributed by atoms with Crippen molar-refractivity contribution in [3.05, 3.63) is 0 Å². The Labute approximate surface area is 214 Å². The third-order valence-corrected chi connectivity index (χ3v) is 1.25. The second kappa shape index (κ2) is 18.4. The van der Waals surface area contributed by atoms with Crippen LogP contribution in [0, 0.1) is 0 Å². The number of hydrogen-bond acceptors (Lipinski definition) is 7. The van der Waals surface area contributed by atoms with Crippen molar-refractivity contribution in [3.8, 4) is 0 Å². The van der Waals surface area contributed by atoms with Crippen molar-refractivity contribution in [2.45, 2.75) is 18.4 Å². The van der Waals surface area contributed by atoms with E-state index in [1.807, 2.05) is 0 Å². The molecule has 18 heavy (non-hydrogen) atoms. The van der Waals surface area contributed by atoms with Crippen LogP contribution in [0.5, 0.6) is 0 Å². The molecule has 0 saturated carbocycles. The van der Waals surface area contributed by atoms with Crippen LogP contribution in [0.25, 0.3) is 0 Å². The van der Waals surface area contributed by atoms with Crippen molar-refractivity contribution in [3.63, 3.8) is 0 Å². The summed E-state index contributed by atoms with van der Waals surface area (Å²) in [6, 6.07) is 0. The summed E-state index contributed by atoms with van der Waals surface area (Å²) in [5, 5.41) is 38.9. The molecule has 1 N–H and O–H groups in total. The maximum atomic E-state index is 10.1. The first-order valence-corrected chi connectivity index (χ1v) is 3.11. The van der Waals surface area contributed by atoms with Crippen LogP contribution in [0.15, 0.2) is 0 Å². The molecule has 0 aromatic rings. The molecule has 0 atom stereocenters. The molecule has 0 aliphatic heterocycles. The Bertz CT molecular complexity index is 243. The number of carbonyl (C=O) groups is 3. The minimum absolute atomic E-state index is 0. The fourth-order valence-electron chi connectivity index (χ4n) is 0.684. The number of carboxylic acids is 3. The van der Waals surface area contributed by atoms with Gasteiger partial charge in [-0.25, -0.2) is 0 Å². The number of rotatable bonds is 5. The van der Waals surface area contributed by atoms with Crippen molar-refractivity contribution >= 4 is 17.9 Å². The molecule has 0 amide bonds. The molecule has 12 heteroatoms.